The predicted octanol–water partition coefficient (Wildman–Crippen LogP) is 3.38. The Kier molecular flexibility index (Phi) is 9.65. The fourth-order valence-electron chi connectivity index (χ4n) is 2.68. The van der Waals surface area contributed by atoms with Crippen LogP contribution in [0.1, 0.15) is 49.9 Å². The van der Waals surface area contributed by atoms with E-state index in [2.05, 4.69) is 40.1 Å². The van der Waals surface area contributed by atoms with Crippen LogP contribution in [0.2, 0.25) is 0 Å². The van der Waals surface area contributed by atoms with Crippen LogP contribution in [0.25, 0.3) is 0 Å². The van der Waals surface area contributed by atoms with Gasteiger partial charge in [-0.05, 0) is 31.2 Å². The van der Waals surface area contributed by atoms with E-state index >= 15 is 0 Å². The quantitative estimate of drug-likeness (QED) is 0.399. The van der Waals surface area contributed by atoms with Gasteiger partial charge in [-0.2, -0.15) is 0 Å². The van der Waals surface area contributed by atoms with E-state index in [0.717, 1.165) is 5.96 Å². The van der Waals surface area contributed by atoms with E-state index in [1.807, 2.05) is 0 Å². The number of guanidine groups is 1. The van der Waals surface area contributed by atoms with Gasteiger partial charge in [-0.3, -0.25) is 4.79 Å². The molecule has 1 heterocycles. The average molecular weight is 464 g/mol. The number of halogens is 1. The number of aliphatic imine (C=N–C) groups is 1. The lowest BCUT2D eigenvalue weighted by molar-refractivity contribution is -0.127. The molecule has 1 aliphatic rings. The molecule has 0 aromatic carbocycles. The van der Waals surface area contributed by atoms with Crippen molar-refractivity contribution >= 4 is 47.2 Å². The fraction of sp³-hybridized carbons (Fsp3) is 0.647. The number of rotatable bonds is 5. The summed E-state index contributed by atoms with van der Waals surface area (Å²) in [6.45, 7) is 2.30. The van der Waals surface area contributed by atoms with Crippen molar-refractivity contribution in [3.05, 3.63) is 22.4 Å². The number of carbonyl (C=O) groups excluding carboxylic acids is 1. The lowest BCUT2D eigenvalue weighted by Gasteiger charge is -2.26. The molecule has 0 saturated heterocycles. The molecule has 24 heavy (non-hydrogen) atoms. The normalized spacial score (nSPS) is 16.9. The third-order valence-electron chi connectivity index (χ3n) is 4.14. The van der Waals surface area contributed by atoms with Gasteiger partial charge in [0.25, 0.3) is 0 Å². The lowest BCUT2D eigenvalue weighted by atomic mass is 9.96. The summed E-state index contributed by atoms with van der Waals surface area (Å²) in [4.78, 5) is 19.2. The molecule has 2 rings (SSSR count). The van der Waals surface area contributed by atoms with Crippen LogP contribution >= 0.6 is 35.3 Å². The van der Waals surface area contributed by atoms with Crippen LogP contribution in [0, 0.1) is 0 Å². The van der Waals surface area contributed by atoms with Crippen molar-refractivity contribution in [2.45, 2.75) is 51.1 Å². The average Bonchev–Trinajstić information content (AvgIpc) is 3.07. The Morgan fingerprint density at radius 3 is 2.67 bits per heavy atom. The zero-order chi connectivity index (χ0) is 16.7. The van der Waals surface area contributed by atoms with Crippen molar-refractivity contribution in [3.8, 4) is 0 Å². The second-order valence-electron chi connectivity index (χ2n) is 6.31. The van der Waals surface area contributed by atoms with Gasteiger partial charge in [0.2, 0.25) is 5.91 Å². The van der Waals surface area contributed by atoms with Crippen LogP contribution < -0.4 is 10.6 Å². The summed E-state index contributed by atoms with van der Waals surface area (Å²) >= 11 is 1.73. The molecule has 1 aromatic rings. The molecular formula is C17H29IN4OS. The molecule has 1 aliphatic carbocycles. The zero-order valence-electron chi connectivity index (χ0n) is 14.7. The minimum atomic E-state index is 0. The molecule has 1 atom stereocenters. The summed E-state index contributed by atoms with van der Waals surface area (Å²) in [6.07, 6.45) is 6.21. The standard InChI is InChI=1S/C17H28N4OS.HI/c1-13(15-10-7-11-23-15)19-17(18-12-16(22)21(2)3)20-14-8-5-4-6-9-14;/h7,10-11,13-14H,4-6,8-9,12H2,1-3H3,(H2,18,19,20);1H. The summed E-state index contributed by atoms with van der Waals surface area (Å²) in [6, 6.07) is 4.81. The summed E-state index contributed by atoms with van der Waals surface area (Å²) in [5.74, 6) is 0.756. The molecule has 136 valence electrons. The molecular weight excluding hydrogens is 435 g/mol. The minimum Gasteiger partial charge on any atom is -0.354 e. The third kappa shape index (κ3) is 6.96. The second-order valence-corrected chi connectivity index (χ2v) is 7.29. The zero-order valence-corrected chi connectivity index (χ0v) is 17.9. The molecule has 0 radical (unpaired) electrons. The molecule has 0 spiro atoms. The first-order chi connectivity index (χ1) is 11.1. The SMILES string of the molecule is CC(NC(=NCC(=O)N(C)C)NC1CCCCC1)c1cccs1.I. The molecule has 5 nitrogen and oxygen atoms in total. The number of thiophene rings is 1. The van der Waals surface area contributed by atoms with E-state index in [-0.39, 0.29) is 42.5 Å². The maximum absolute atomic E-state index is 11.8. The second kappa shape index (κ2) is 10.9. The highest BCUT2D eigenvalue weighted by molar-refractivity contribution is 14.0. The van der Waals surface area contributed by atoms with Crippen LogP contribution in [0.5, 0.6) is 0 Å². The minimum absolute atomic E-state index is 0. The van der Waals surface area contributed by atoms with Gasteiger partial charge in [-0.15, -0.1) is 35.3 Å². The molecule has 1 fully saturated rings. The molecule has 0 bridgehead atoms. The maximum Gasteiger partial charge on any atom is 0.243 e. The highest BCUT2D eigenvalue weighted by atomic mass is 127. The molecule has 2 N–H and O–H groups in total. The topological polar surface area (TPSA) is 56.7 Å². The number of carbonyl (C=O) groups is 1. The Hall–Kier alpha value is -0.830. The van der Waals surface area contributed by atoms with Gasteiger partial charge in [-0.1, -0.05) is 25.3 Å². The highest BCUT2D eigenvalue weighted by Crippen LogP contribution is 2.19. The first-order valence-corrected chi connectivity index (χ1v) is 9.25. The van der Waals surface area contributed by atoms with E-state index in [0.29, 0.717) is 6.04 Å². The van der Waals surface area contributed by atoms with Crippen molar-refractivity contribution in [1.82, 2.24) is 15.5 Å². The number of nitrogens with one attached hydrogen (secondary N) is 2. The number of nitrogens with zero attached hydrogens (tertiary/aromatic N) is 2. The smallest absolute Gasteiger partial charge is 0.243 e. The maximum atomic E-state index is 11.8. The van der Waals surface area contributed by atoms with E-state index < -0.39 is 0 Å². The van der Waals surface area contributed by atoms with Crippen molar-refractivity contribution in [1.29, 1.82) is 0 Å². The lowest BCUT2D eigenvalue weighted by Crippen LogP contribution is -2.45. The van der Waals surface area contributed by atoms with Crippen molar-refractivity contribution in [2.75, 3.05) is 20.6 Å². The molecule has 1 saturated carbocycles. The Morgan fingerprint density at radius 2 is 2.08 bits per heavy atom. The molecule has 7 heteroatoms. The third-order valence-corrected chi connectivity index (χ3v) is 5.20. The first-order valence-electron chi connectivity index (χ1n) is 8.37. The predicted molar refractivity (Wildman–Crippen MR) is 112 cm³/mol. The monoisotopic (exact) mass is 464 g/mol. The highest BCUT2D eigenvalue weighted by Gasteiger charge is 2.17. The van der Waals surface area contributed by atoms with Gasteiger partial charge in [0, 0.05) is 25.0 Å². The van der Waals surface area contributed by atoms with Gasteiger partial charge in [0.05, 0.1) is 6.04 Å². The van der Waals surface area contributed by atoms with Crippen molar-refractivity contribution in [3.63, 3.8) is 0 Å². The van der Waals surface area contributed by atoms with Gasteiger partial charge in [0.1, 0.15) is 6.54 Å². The largest absolute Gasteiger partial charge is 0.354 e. The summed E-state index contributed by atoms with van der Waals surface area (Å²) < 4.78 is 0. The summed E-state index contributed by atoms with van der Waals surface area (Å²) in [5.41, 5.74) is 0. The summed E-state index contributed by atoms with van der Waals surface area (Å²) in [7, 11) is 3.52. The molecule has 1 unspecified atom stereocenters. The number of hydrogen-bond donors (Lipinski definition) is 2. The van der Waals surface area contributed by atoms with Crippen molar-refractivity contribution < 1.29 is 4.79 Å². The van der Waals surface area contributed by atoms with Crippen molar-refractivity contribution in [2.24, 2.45) is 4.99 Å². The van der Waals surface area contributed by atoms with E-state index in [1.54, 1.807) is 30.3 Å². The van der Waals surface area contributed by atoms with Crippen LogP contribution in [0.4, 0.5) is 0 Å². The Labute approximate surface area is 166 Å². The number of amides is 1. The first kappa shape index (κ1) is 21.2. The van der Waals surface area contributed by atoms with E-state index in [1.165, 1.54) is 37.0 Å². The Morgan fingerprint density at radius 1 is 1.38 bits per heavy atom. The number of hydrogen-bond acceptors (Lipinski definition) is 3. The van der Waals surface area contributed by atoms with Gasteiger partial charge < -0.3 is 15.5 Å². The fourth-order valence-corrected chi connectivity index (χ4v) is 3.41. The molecule has 1 aromatic heterocycles. The van der Waals surface area contributed by atoms with Crippen LogP contribution in [-0.4, -0.2) is 43.4 Å². The van der Waals surface area contributed by atoms with Gasteiger partial charge in [0.15, 0.2) is 5.96 Å². The molecule has 1 amide bonds. The van der Waals surface area contributed by atoms with Gasteiger partial charge in [-0.25, -0.2) is 4.99 Å². The van der Waals surface area contributed by atoms with E-state index in [9.17, 15) is 4.79 Å². The molecule has 0 aliphatic heterocycles. The van der Waals surface area contributed by atoms with E-state index in [4.69, 9.17) is 0 Å². The van der Waals surface area contributed by atoms with Gasteiger partial charge >= 0.3 is 0 Å². The Bertz CT molecular complexity index is 513. The van der Waals surface area contributed by atoms with Crippen LogP contribution in [-0.2, 0) is 4.79 Å². The van der Waals surface area contributed by atoms with Crippen LogP contribution in [0.15, 0.2) is 22.5 Å². The number of likely N-dealkylation sites (N-methyl/N-ethyl adjacent to an activating group) is 1. The summed E-state index contributed by atoms with van der Waals surface area (Å²) in [5, 5.41) is 9.03. The Balaban J connectivity index is 0.00000288. The van der Waals surface area contributed by atoms with Crippen LogP contribution in [0.3, 0.4) is 0 Å².